The monoisotopic (exact) mass is 534 g/mol. The van der Waals surface area contributed by atoms with Crippen LogP contribution in [0.2, 0.25) is 0 Å². The summed E-state index contributed by atoms with van der Waals surface area (Å²) in [7, 11) is 0. The van der Waals surface area contributed by atoms with E-state index < -0.39 is 53.6 Å². The van der Waals surface area contributed by atoms with E-state index in [9.17, 15) is 35.9 Å². The van der Waals surface area contributed by atoms with Crippen LogP contribution in [0, 0.1) is 0 Å². The molecule has 38 heavy (non-hydrogen) atoms. The Bertz CT molecular complexity index is 1410. The van der Waals surface area contributed by atoms with Gasteiger partial charge >= 0.3 is 18.3 Å². The smallest absolute Gasteiger partial charge is 0.416 e. The number of hydrogen-bond donors (Lipinski definition) is 2. The van der Waals surface area contributed by atoms with Crippen LogP contribution in [0.3, 0.4) is 0 Å². The molecule has 11 heteroatoms. The Labute approximate surface area is 212 Å². The van der Waals surface area contributed by atoms with Crippen LogP contribution in [-0.2, 0) is 34.9 Å². The molecule has 0 bridgehead atoms. The van der Waals surface area contributed by atoms with E-state index in [-0.39, 0.29) is 18.1 Å². The van der Waals surface area contributed by atoms with Gasteiger partial charge < -0.3 is 15.0 Å². The van der Waals surface area contributed by atoms with E-state index in [1.807, 2.05) is 0 Å². The fraction of sp³-hybridized carbons (Fsp3) is 0.185. The fourth-order valence-electron chi connectivity index (χ4n) is 3.90. The Kier molecular flexibility index (Phi) is 7.47. The van der Waals surface area contributed by atoms with Gasteiger partial charge in [0.1, 0.15) is 12.6 Å². The van der Waals surface area contributed by atoms with Crippen LogP contribution in [0.1, 0.15) is 32.6 Å². The molecule has 0 saturated carbocycles. The summed E-state index contributed by atoms with van der Waals surface area (Å²) in [5, 5.41) is 3.33. The predicted molar refractivity (Wildman–Crippen MR) is 126 cm³/mol. The number of esters is 1. The predicted octanol–water partition coefficient (Wildman–Crippen LogP) is 6.29. The summed E-state index contributed by atoms with van der Waals surface area (Å²) in [5.41, 5.74) is -1.88. The van der Waals surface area contributed by atoms with Crippen LogP contribution in [0.4, 0.5) is 26.3 Å². The van der Waals surface area contributed by atoms with Crippen LogP contribution in [0.15, 0.2) is 79.0 Å². The van der Waals surface area contributed by atoms with Crippen LogP contribution in [0.25, 0.3) is 10.9 Å². The van der Waals surface area contributed by atoms with Gasteiger partial charge in [-0.1, -0.05) is 36.4 Å². The second-order valence-electron chi connectivity index (χ2n) is 8.48. The minimum absolute atomic E-state index is 0.00871. The number of amides is 1. The van der Waals surface area contributed by atoms with Crippen molar-refractivity contribution in [3.8, 4) is 0 Å². The lowest BCUT2D eigenvalue weighted by atomic mass is 10.0. The molecule has 4 rings (SSSR count). The molecule has 1 amide bonds. The molecule has 198 valence electrons. The third-order valence-corrected chi connectivity index (χ3v) is 5.75. The highest BCUT2D eigenvalue weighted by molar-refractivity contribution is 5.97. The third-order valence-electron chi connectivity index (χ3n) is 5.75. The largest absolute Gasteiger partial charge is 0.459 e. The number of aromatic amines is 1. The summed E-state index contributed by atoms with van der Waals surface area (Å²) in [6.45, 7) is -0.864. The van der Waals surface area contributed by atoms with Gasteiger partial charge in [0.25, 0.3) is 5.91 Å². The number of carbonyl (C=O) groups is 2. The number of ether oxygens (including phenoxy) is 1. The highest BCUT2D eigenvalue weighted by Crippen LogP contribution is 2.36. The zero-order valence-electron chi connectivity index (χ0n) is 19.5. The standard InChI is InChI=1S/C27H20F6N2O3/c28-26(29,30)19-10-16(11-20(13-19)27(31,32)33)15-38-25(37)23(35-24(36)17-6-2-1-3-7-17)12-18-14-34-22-9-5-4-8-21(18)22/h1-11,13-14,23,34H,12,15H2,(H,35,36). The number of H-pyrrole nitrogens is 1. The van der Waals surface area contributed by atoms with Crippen molar-refractivity contribution in [2.45, 2.75) is 31.4 Å². The van der Waals surface area contributed by atoms with E-state index in [0.29, 0.717) is 17.7 Å². The van der Waals surface area contributed by atoms with Crippen molar-refractivity contribution in [2.75, 3.05) is 0 Å². The van der Waals surface area contributed by atoms with Crippen LogP contribution in [-0.4, -0.2) is 22.9 Å². The number of hydrogen-bond acceptors (Lipinski definition) is 3. The quantitative estimate of drug-likeness (QED) is 0.216. The number of nitrogens with one attached hydrogen (secondary N) is 2. The van der Waals surface area contributed by atoms with Crippen LogP contribution >= 0.6 is 0 Å². The molecule has 1 atom stereocenters. The number of para-hydroxylation sites is 1. The number of halogens is 6. The lowest BCUT2D eigenvalue weighted by molar-refractivity contribution is -0.147. The molecule has 1 aromatic heterocycles. The first-order chi connectivity index (χ1) is 17.9. The van der Waals surface area contributed by atoms with Crippen molar-refractivity contribution < 1.29 is 40.7 Å². The molecule has 1 unspecified atom stereocenters. The minimum Gasteiger partial charge on any atom is -0.459 e. The van der Waals surface area contributed by atoms with E-state index in [2.05, 4.69) is 10.3 Å². The minimum atomic E-state index is -5.04. The number of benzene rings is 3. The molecule has 2 N–H and O–H groups in total. The summed E-state index contributed by atoms with van der Waals surface area (Å²) in [6, 6.07) is 14.8. The van der Waals surface area contributed by atoms with Gasteiger partial charge in [0.15, 0.2) is 0 Å². The Hall–Kier alpha value is -4.28. The maximum Gasteiger partial charge on any atom is 0.416 e. The molecule has 0 saturated heterocycles. The van der Waals surface area contributed by atoms with Crippen molar-refractivity contribution in [1.82, 2.24) is 10.3 Å². The van der Waals surface area contributed by atoms with E-state index in [4.69, 9.17) is 4.74 Å². The summed E-state index contributed by atoms with van der Waals surface area (Å²) >= 11 is 0. The molecule has 0 aliphatic carbocycles. The second kappa shape index (κ2) is 10.6. The van der Waals surface area contributed by atoms with E-state index in [0.717, 1.165) is 10.9 Å². The average Bonchev–Trinajstić information content (AvgIpc) is 3.29. The van der Waals surface area contributed by atoms with Crippen molar-refractivity contribution in [3.05, 3.63) is 107 Å². The Morgan fingerprint density at radius 2 is 1.45 bits per heavy atom. The molecule has 5 nitrogen and oxygen atoms in total. The number of alkyl halides is 6. The third kappa shape index (κ3) is 6.34. The number of aromatic nitrogens is 1. The summed E-state index contributed by atoms with van der Waals surface area (Å²) in [4.78, 5) is 28.8. The lowest BCUT2D eigenvalue weighted by Gasteiger charge is -2.19. The van der Waals surface area contributed by atoms with E-state index in [1.165, 1.54) is 12.1 Å². The maximum atomic E-state index is 13.2. The van der Waals surface area contributed by atoms with Gasteiger partial charge in [0, 0.05) is 29.1 Å². The maximum absolute atomic E-state index is 13.2. The van der Waals surface area contributed by atoms with Crippen LogP contribution in [0.5, 0.6) is 0 Å². The normalized spacial score (nSPS) is 12.8. The lowest BCUT2D eigenvalue weighted by Crippen LogP contribution is -2.43. The average molecular weight is 534 g/mol. The van der Waals surface area contributed by atoms with E-state index >= 15 is 0 Å². The van der Waals surface area contributed by atoms with Gasteiger partial charge in [-0.2, -0.15) is 26.3 Å². The first-order valence-electron chi connectivity index (χ1n) is 11.3. The number of carbonyl (C=O) groups excluding carboxylic acids is 2. The zero-order chi connectivity index (χ0) is 27.5. The van der Waals surface area contributed by atoms with Gasteiger partial charge in [-0.25, -0.2) is 4.79 Å². The molecular weight excluding hydrogens is 514 g/mol. The Morgan fingerprint density at radius 1 is 0.842 bits per heavy atom. The first kappa shape index (κ1) is 26.8. The highest BCUT2D eigenvalue weighted by atomic mass is 19.4. The molecule has 0 spiro atoms. The van der Waals surface area contributed by atoms with Gasteiger partial charge in [0.05, 0.1) is 11.1 Å². The van der Waals surface area contributed by atoms with E-state index in [1.54, 1.807) is 48.7 Å². The van der Waals surface area contributed by atoms with Gasteiger partial charge in [-0.3, -0.25) is 4.79 Å². The van der Waals surface area contributed by atoms with Crippen molar-refractivity contribution in [3.63, 3.8) is 0 Å². The fourth-order valence-corrected chi connectivity index (χ4v) is 3.90. The SMILES string of the molecule is O=C(NC(Cc1c[nH]c2ccccc12)C(=O)OCc1cc(C(F)(F)F)cc(C(F)(F)F)c1)c1ccccc1. The number of fused-ring (bicyclic) bond motifs is 1. The molecule has 4 aromatic rings. The summed E-state index contributed by atoms with van der Waals surface area (Å²) < 4.78 is 84.2. The topological polar surface area (TPSA) is 71.2 Å². The Morgan fingerprint density at radius 3 is 2.08 bits per heavy atom. The molecular formula is C27H20F6N2O3. The summed E-state index contributed by atoms with van der Waals surface area (Å²) in [5.74, 6) is -1.63. The zero-order valence-corrected chi connectivity index (χ0v) is 19.5. The van der Waals surface area contributed by atoms with Crippen molar-refractivity contribution >= 4 is 22.8 Å². The van der Waals surface area contributed by atoms with Gasteiger partial charge in [-0.05, 0) is 47.5 Å². The molecule has 0 aliphatic heterocycles. The molecule has 0 aliphatic rings. The summed E-state index contributed by atoms with van der Waals surface area (Å²) in [6.07, 6.45) is -8.48. The number of rotatable bonds is 7. The molecule has 3 aromatic carbocycles. The van der Waals surface area contributed by atoms with Gasteiger partial charge in [-0.15, -0.1) is 0 Å². The molecule has 0 fully saturated rings. The second-order valence-corrected chi connectivity index (χ2v) is 8.48. The van der Waals surface area contributed by atoms with Crippen molar-refractivity contribution in [2.24, 2.45) is 0 Å². The van der Waals surface area contributed by atoms with Gasteiger partial charge in [0.2, 0.25) is 0 Å². The molecule has 1 heterocycles. The Balaban J connectivity index is 1.58. The first-order valence-corrected chi connectivity index (χ1v) is 11.3. The highest BCUT2D eigenvalue weighted by Gasteiger charge is 2.37. The van der Waals surface area contributed by atoms with Crippen molar-refractivity contribution in [1.29, 1.82) is 0 Å². The van der Waals surface area contributed by atoms with Crippen LogP contribution < -0.4 is 5.32 Å². The molecule has 0 radical (unpaired) electrons.